The molecule has 1 saturated heterocycles. The number of amides is 1. The number of anilines is 1. The number of nitrogens with one attached hydrogen (secondary N) is 2. The van der Waals surface area contributed by atoms with E-state index in [0.717, 1.165) is 33.9 Å². The molecule has 200 valence electrons. The molecule has 0 bridgehead atoms. The van der Waals surface area contributed by atoms with Gasteiger partial charge in [0.25, 0.3) is 0 Å². The molecule has 4 aromatic rings. The highest BCUT2D eigenvalue weighted by Gasteiger charge is 2.41. The SMILES string of the molecule is Cc1c(Cl)cccc1-n1c(C)cc([C@H]2[C@H](c3ccccn3)NC(=S)N2CCC(=O)Nc2ccc(F)cc2)c1C. The molecule has 0 unspecified atom stereocenters. The highest BCUT2D eigenvalue weighted by atomic mass is 35.5. The van der Waals surface area contributed by atoms with Gasteiger partial charge in [0, 0.05) is 46.9 Å². The molecule has 2 atom stereocenters. The van der Waals surface area contributed by atoms with Crippen LogP contribution in [-0.4, -0.2) is 32.0 Å². The summed E-state index contributed by atoms with van der Waals surface area (Å²) in [6.45, 7) is 6.59. The molecule has 0 spiro atoms. The molecule has 3 heterocycles. The van der Waals surface area contributed by atoms with Crippen molar-refractivity contribution in [2.45, 2.75) is 39.3 Å². The van der Waals surface area contributed by atoms with E-state index in [1.165, 1.54) is 12.1 Å². The lowest BCUT2D eigenvalue weighted by molar-refractivity contribution is -0.116. The minimum atomic E-state index is -0.351. The summed E-state index contributed by atoms with van der Waals surface area (Å²) in [6.07, 6.45) is 1.98. The third-order valence-electron chi connectivity index (χ3n) is 7.17. The first-order valence-corrected chi connectivity index (χ1v) is 13.5. The van der Waals surface area contributed by atoms with E-state index in [-0.39, 0.29) is 30.2 Å². The van der Waals surface area contributed by atoms with Gasteiger partial charge in [-0.1, -0.05) is 23.7 Å². The fourth-order valence-corrected chi connectivity index (χ4v) is 5.76. The number of carbonyl (C=O) groups excluding carboxylic acids is 1. The normalized spacial score (nSPS) is 16.8. The van der Waals surface area contributed by atoms with Crippen molar-refractivity contribution in [3.63, 3.8) is 0 Å². The maximum atomic E-state index is 13.3. The van der Waals surface area contributed by atoms with Crippen LogP contribution in [0.2, 0.25) is 5.02 Å². The van der Waals surface area contributed by atoms with Crippen molar-refractivity contribution in [3.8, 4) is 5.69 Å². The Labute approximate surface area is 237 Å². The molecule has 5 rings (SSSR count). The van der Waals surface area contributed by atoms with Crippen LogP contribution in [0.15, 0.2) is 72.9 Å². The Kier molecular flexibility index (Phi) is 7.68. The minimum absolute atomic E-state index is 0.176. The summed E-state index contributed by atoms with van der Waals surface area (Å²) >= 11 is 12.3. The van der Waals surface area contributed by atoms with Gasteiger partial charge in [-0.25, -0.2) is 4.39 Å². The molecule has 39 heavy (non-hydrogen) atoms. The molecule has 0 saturated carbocycles. The number of thiocarbonyl (C=S) groups is 1. The second kappa shape index (κ2) is 11.2. The number of benzene rings is 2. The van der Waals surface area contributed by atoms with Gasteiger partial charge in [-0.2, -0.15) is 0 Å². The number of carbonyl (C=O) groups is 1. The summed E-state index contributed by atoms with van der Waals surface area (Å²) in [5, 5.41) is 7.57. The zero-order valence-corrected chi connectivity index (χ0v) is 23.5. The van der Waals surface area contributed by atoms with Crippen LogP contribution in [0.4, 0.5) is 10.1 Å². The van der Waals surface area contributed by atoms with Crippen LogP contribution in [-0.2, 0) is 4.79 Å². The van der Waals surface area contributed by atoms with Gasteiger partial charge in [-0.05, 0) is 98.7 Å². The summed E-state index contributed by atoms with van der Waals surface area (Å²) in [5.41, 5.74) is 6.67. The maximum Gasteiger partial charge on any atom is 0.226 e. The van der Waals surface area contributed by atoms with E-state index in [9.17, 15) is 9.18 Å². The maximum absolute atomic E-state index is 13.3. The second-order valence-electron chi connectivity index (χ2n) is 9.67. The Hall–Kier alpha value is -3.75. The number of halogens is 2. The van der Waals surface area contributed by atoms with Crippen LogP contribution in [0.5, 0.6) is 0 Å². The average Bonchev–Trinajstić information content (AvgIpc) is 3.40. The average molecular weight is 562 g/mol. The fourth-order valence-electron chi connectivity index (χ4n) is 5.26. The monoisotopic (exact) mass is 561 g/mol. The fraction of sp³-hybridized carbons (Fsp3) is 0.233. The number of rotatable bonds is 7. The molecule has 1 aliphatic heterocycles. The quantitative estimate of drug-likeness (QED) is 0.249. The van der Waals surface area contributed by atoms with E-state index in [1.54, 1.807) is 18.3 Å². The van der Waals surface area contributed by atoms with Crippen molar-refractivity contribution in [1.82, 2.24) is 19.8 Å². The van der Waals surface area contributed by atoms with Crippen molar-refractivity contribution >= 4 is 40.5 Å². The second-order valence-corrected chi connectivity index (χ2v) is 10.5. The van der Waals surface area contributed by atoms with Crippen molar-refractivity contribution < 1.29 is 9.18 Å². The molecule has 1 aliphatic rings. The predicted octanol–water partition coefficient (Wildman–Crippen LogP) is 6.59. The number of hydrogen-bond donors (Lipinski definition) is 2. The molecule has 2 aromatic heterocycles. The Morgan fingerprint density at radius 2 is 1.87 bits per heavy atom. The topological polar surface area (TPSA) is 62.2 Å². The van der Waals surface area contributed by atoms with E-state index in [2.05, 4.69) is 51.1 Å². The van der Waals surface area contributed by atoms with E-state index in [0.29, 0.717) is 22.4 Å². The lowest BCUT2D eigenvalue weighted by Crippen LogP contribution is -2.32. The van der Waals surface area contributed by atoms with Gasteiger partial charge in [0.15, 0.2) is 5.11 Å². The van der Waals surface area contributed by atoms with Gasteiger partial charge in [0.1, 0.15) is 5.82 Å². The molecule has 0 aliphatic carbocycles. The van der Waals surface area contributed by atoms with E-state index in [1.807, 2.05) is 37.3 Å². The van der Waals surface area contributed by atoms with Crippen LogP contribution in [0.3, 0.4) is 0 Å². The van der Waals surface area contributed by atoms with Crippen LogP contribution in [0.1, 0.15) is 46.7 Å². The van der Waals surface area contributed by atoms with E-state index >= 15 is 0 Å². The zero-order chi connectivity index (χ0) is 27.7. The number of pyridine rings is 1. The van der Waals surface area contributed by atoms with Gasteiger partial charge in [0.2, 0.25) is 5.91 Å². The zero-order valence-electron chi connectivity index (χ0n) is 21.9. The lowest BCUT2D eigenvalue weighted by Gasteiger charge is -2.28. The summed E-state index contributed by atoms with van der Waals surface area (Å²) in [5.74, 6) is -0.528. The van der Waals surface area contributed by atoms with Gasteiger partial charge >= 0.3 is 0 Å². The third-order valence-corrected chi connectivity index (χ3v) is 7.94. The standard InChI is InChI=1S/C30H29ClFN5OS/c1-18-17-23(20(3)37(18)26-9-6-7-24(31)19(26)2)29-28(25-8-4-5-15-33-25)35-30(39)36(29)16-14-27(38)34-22-12-10-21(32)11-13-22/h4-13,15,17,28-29H,14,16H2,1-3H3,(H,34,38)(H,35,39)/t28-,29-/m0/s1. The van der Waals surface area contributed by atoms with Gasteiger partial charge < -0.3 is 20.1 Å². The summed E-state index contributed by atoms with van der Waals surface area (Å²) in [6, 6.07) is 19.3. The Bertz CT molecular complexity index is 1520. The van der Waals surface area contributed by atoms with E-state index < -0.39 is 0 Å². The summed E-state index contributed by atoms with van der Waals surface area (Å²) in [4.78, 5) is 19.5. The van der Waals surface area contributed by atoms with Crippen LogP contribution in [0, 0.1) is 26.6 Å². The first kappa shape index (κ1) is 26.8. The van der Waals surface area contributed by atoms with Crippen LogP contribution >= 0.6 is 23.8 Å². The van der Waals surface area contributed by atoms with E-state index in [4.69, 9.17) is 23.8 Å². The number of hydrogen-bond acceptors (Lipinski definition) is 3. The van der Waals surface area contributed by atoms with Crippen molar-refractivity contribution in [2.24, 2.45) is 0 Å². The molecule has 1 amide bonds. The molecular formula is C30H29ClFN5OS. The molecular weight excluding hydrogens is 533 g/mol. The summed E-state index contributed by atoms with van der Waals surface area (Å²) < 4.78 is 15.5. The van der Waals surface area contributed by atoms with Gasteiger partial charge in [0.05, 0.1) is 17.8 Å². The van der Waals surface area contributed by atoms with Gasteiger partial charge in [-0.15, -0.1) is 0 Å². The predicted molar refractivity (Wildman–Crippen MR) is 157 cm³/mol. The molecule has 6 nitrogen and oxygen atoms in total. The lowest BCUT2D eigenvalue weighted by atomic mass is 9.96. The van der Waals surface area contributed by atoms with Crippen LogP contribution in [0.25, 0.3) is 5.69 Å². The molecule has 1 fully saturated rings. The molecule has 2 aromatic carbocycles. The Morgan fingerprint density at radius 1 is 1.10 bits per heavy atom. The van der Waals surface area contributed by atoms with Crippen molar-refractivity contribution in [2.75, 3.05) is 11.9 Å². The first-order chi connectivity index (χ1) is 18.7. The largest absolute Gasteiger partial charge is 0.352 e. The first-order valence-electron chi connectivity index (χ1n) is 12.7. The number of aryl methyl sites for hydroxylation is 1. The Morgan fingerprint density at radius 3 is 2.59 bits per heavy atom. The van der Waals surface area contributed by atoms with Crippen molar-refractivity contribution in [1.29, 1.82) is 0 Å². The minimum Gasteiger partial charge on any atom is -0.352 e. The highest BCUT2D eigenvalue weighted by Crippen LogP contribution is 2.42. The number of nitrogens with zero attached hydrogens (tertiary/aromatic N) is 3. The van der Waals surface area contributed by atoms with Crippen LogP contribution < -0.4 is 10.6 Å². The highest BCUT2D eigenvalue weighted by molar-refractivity contribution is 7.80. The number of aromatic nitrogens is 2. The Balaban J connectivity index is 1.48. The summed E-state index contributed by atoms with van der Waals surface area (Å²) in [7, 11) is 0. The molecule has 0 radical (unpaired) electrons. The van der Waals surface area contributed by atoms with Crippen molar-refractivity contribution in [3.05, 3.63) is 112 Å². The molecule has 9 heteroatoms. The van der Waals surface area contributed by atoms with Gasteiger partial charge in [-0.3, -0.25) is 9.78 Å². The third kappa shape index (κ3) is 5.40. The molecule has 2 N–H and O–H groups in total. The smallest absolute Gasteiger partial charge is 0.226 e.